The summed E-state index contributed by atoms with van der Waals surface area (Å²) in [5, 5.41) is 1.35. The number of hydrogen-bond donors (Lipinski definition) is 2. The van der Waals surface area contributed by atoms with Crippen LogP contribution in [0.5, 0.6) is 0 Å². The van der Waals surface area contributed by atoms with E-state index in [-0.39, 0.29) is 5.41 Å². The molecule has 0 bridgehead atoms. The molecule has 3 N–H and O–H groups in total. The van der Waals surface area contributed by atoms with E-state index >= 15 is 0 Å². The topological polar surface area (TPSA) is 67.6 Å². The molecule has 4 heteroatoms. The third-order valence-corrected chi connectivity index (χ3v) is 6.09. The molecule has 2 heterocycles. The highest BCUT2D eigenvalue weighted by Gasteiger charge is 2.41. The smallest absolute Gasteiger partial charge is 0.219 e. The monoisotopic (exact) mass is 354 g/mol. The first kappa shape index (κ1) is 16.1. The van der Waals surface area contributed by atoms with Crippen LogP contribution in [0.15, 0.2) is 61.1 Å². The van der Waals surface area contributed by atoms with Gasteiger partial charge in [0.25, 0.3) is 0 Å². The SMILES string of the molecule is Cc1cccc2c(C3(c4ccc(-c5cnc(N)nc5)cc4)CCC3)c[nH]c12. The van der Waals surface area contributed by atoms with Gasteiger partial charge < -0.3 is 10.7 Å². The summed E-state index contributed by atoms with van der Waals surface area (Å²) in [6, 6.07) is 15.4. The number of fused-ring (bicyclic) bond motifs is 1. The largest absolute Gasteiger partial charge is 0.368 e. The van der Waals surface area contributed by atoms with Crippen LogP contribution in [0.4, 0.5) is 5.95 Å². The Morgan fingerprint density at radius 3 is 2.37 bits per heavy atom. The van der Waals surface area contributed by atoms with Crippen LogP contribution < -0.4 is 5.73 Å². The van der Waals surface area contributed by atoms with Crippen LogP contribution in [0.25, 0.3) is 22.0 Å². The molecule has 4 aromatic rings. The van der Waals surface area contributed by atoms with Gasteiger partial charge in [0.1, 0.15) is 0 Å². The van der Waals surface area contributed by atoms with E-state index < -0.39 is 0 Å². The van der Waals surface area contributed by atoms with Gasteiger partial charge in [-0.2, -0.15) is 0 Å². The van der Waals surface area contributed by atoms with Crippen molar-refractivity contribution in [1.82, 2.24) is 15.0 Å². The van der Waals surface area contributed by atoms with Crippen molar-refractivity contribution >= 4 is 16.9 Å². The van der Waals surface area contributed by atoms with E-state index in [0.29, 0.717) is 5.95 Å². The first-order valence-corrected chi connectivity index (χ1v) is 9.43. The molecule has 2 aromatic carbocycles. The van der Waals surface area contributed by atoms with Gasteiger partial charge in [-0.3, -0.25) is 0 Å². The fraction of sp³-hybridized carbons (Fsp3) is 0.217. The van der Waals surface area contributed by atoms with E-state index in [9.17, 15) is 0 Å². The first-order chi connectivity index (χ1) is 13.2. The number of aromatic nitrogens is 3. The number of benzene rings is 2. The van der Waals surface area contributed by atoms with Crippen LogP contribution in [-0.4, -0.2) is 15.0 Å². The Balaban J connectivity index is 1.57. The average molecular weight is 354 g/mol. The molecule has 134 valence electrons. The van der Waals surface area contributed by atoms with E-state index in [1.54, 1.807) is 12.4 Å². The quantitative estimate of drug-likeness (QED) is 0.545. The number of aryl methyl sites for hydroxylation is 1. The lowest BCUT2D eigenvalue weighted by Crippen LogP contribution is -2.35. The van der Waals surface area contributed by atoms with Crippen LogP contribution in [0.2, 0.25) is 0 Å². The van der Waals surface area contributed by atoms with Gasteiger partial charge in [-0.25, -0.2) is 9.97 Å². The van der Waals surface area contributed by atoms with Gasteiger partial charge in [0.2, 0.25) is 5.95 Å². The lowest BCUT2D eigenvalue weighted by atomic mass is 9.60. The van der Waals surface area contributed by atoms with E-state index in [1.807, 2.05) is 0 Å². The predicted octanol–water partition coefficient (Wildman–Crippen LogP) is 4.99. The summed E-state index contributed by atoms with van der Waals surface area (Å²) < 4.78 is 0. The number of nitrogens with one attached hydrogen (secondary N) is 1. The summed E-state index contributed by atoms with van der Waals surface area (Å²) in [6.45, 7) is 2.17. The number of aromatic amines is 1. The molecule has 2 aromatic heterocycles. The Morgan fingerprint density at radius 1 is 0.963 bits per heavy atom. The summed E-state index contributed by atoms with van der Waals surface area (Å²) >= 11 is 0. The normalized spacial score (nSPS) is 15.6. The van der Waals surface area contributed by atoms with Gasteiger partial charge in [-0.15, -0.1) is 0 Å². The van der Waals surface area contributed by atoms with Crippen molar-refractivity contribution in [2.24, 2.45) is 0 Å². The van der Waals surface area contributed by atoms with E-state index in [0.717, 1.165) is 11.1 Å². The number of nitrogen functional groups attached to an aromatic ring is 1. The molecule has 0 spiro atoms. The van der Waals surface area contributed by atoms with Gasteiger partial charge in [-0.05, 0) is 42.0 Å². The zero-order valence-electron chi connectivity index (χ0n) is 15.4. The van der Waals surface area contributed by atoms with Crippen molar-refractivity contribution in [3.8, 4) is 11.1 Å². The lowest BCUT2D eigenvalue weighted by molar-refractivity contribution is 0.304. The second-order valence-electron chi connectivity index (χ2n) is 7.54. The first-order valence-electron chi connectivity index (χ1n) is 9.43. The Bertz CT molecular complexity index is 1100. The van der Waals surface area contributed by atoms with Crippen molar-refractivity contribution in [3.05, 3.63) is 77.7 Å². The van der Waals surface area contributed by atoms with Crippen LogP contribution >= 0.6 is 0 Å². The summed E-state index contributed by atoms with van der Waals surface area (Å²) in [4.78, 5) is 11.7. The molecule has 1 fully saturated rings. The van der Waals surface area contributed by atoms with Crippen molar-refractivity contribution in [1.29, 1.82) is 0 Å². The van der Waals surface area contributed by atoms with Gasteiger partial charge in [0.05, 0.1) is 0 Å². The van der Waals surface area contributed by atoms with Gasteiger partial charge in [-0.1, -0.05) is 48.9 Å². The molecular weight excluding hydrogens is 332 g/mol. The summed E-state index contributed by atoms with van der Waals surface area (Å²) in [6.07, 6.45) is 9.43. The molecule has 0 aliphatic heterocycles. The van der Waals surface area contributed by atoms with E-state index in [1.165, 1.54) is 46.9 Å². The van der Waals surface area contributed by atoms with Crippen LogP contribution in [-0.2, 0) is 5.41 Å². The molecule has 27 heavy (non-hydrogen) atoms. The Morgan fingerprint density at radius 2 is 1.70 bits per heavy atom. The third-order valence-electron chi connectivity index (χ3n) is 6.09. The predicted molar refractivity (Wildman–Crippen MR) is 110 cm³/mol. The molecule has 0 amide bonds. The van der Waals surface area contributed by atoms with Crippen molar-refractivity contribution in [3.63, 3.8) is 0 Å². The minimum absolute atomic E-state index is 0.113. The molecular formula is C23H22N4. The Hall–Kier alpha value is -3.14. The standard InChI is InChI=1S/C23H22N4/c1-15-4-2-5-19-20(14-25-21(15)19)23(10-3-11-23)18-8-6-16(7-9-18)17-12-26-22(24)27-13-17/h2,4-9,12-14,25H,3,10-11H2,1H3,(H2,24,26,27). The fourth-order valence-corrected chi connectivity index (χ4v) is 4.41. The number of H-pyrrole nitrogens is 1. The second-order valence-corrected chi connectivity index (χ2v) is 7.54. The molecule has 0 saturated heterocycles. The number of nitrogens with two attached hydrogens (primary N) is 1. The molecule has 0 radical (unpaired) electrons. The molecule has 1 aliphatic carbocycles. The van der Waals surface area contributed by atoms with Crippen molar-refractivity contribution in [2.45, 2.75) is 31.6 Å². The number of rotatable bonds is 3. The van der Waals surface area contributed by atoms with Crippen LogP contribution in [0.3, 0.4) is 0 Å². The molecule has 5 rings (SSSR count). The van der Waals surface area contributed by atoms with E-state index in [2.05, 4.69) is 70.5 Å². The molecule has 4 nitrogen and oxygen atoms in total. The van der Waals surface area contributed by atoms with Crippen LogP contribution in [0, 0.1) is 6.92 Å². The minimum atomic E-state index is 0.113. The highest BCUT2D eigenvalue weighted by molar-refractivity contribution is 5.87. The van der Waals surface area contributed by atoms with E-state index in [4.69, 9.17) is 5.73 Å². The molecule has 0 atom stereocenters. The third kappa shape index (κ3) is 2.44. The number of para-hydroxylation sites is 1. The van der Waals surface area contributed by atoms with Gasteiger partial charge in [0, 0.05) is 40.5 Å². The molecule has 1 aliphatic rings. The second kappa shape index (κ2) is 5.95. The number of nitrogens with zero attached hydrogens (tertiary/aromatic N) is 2. The number of hydrogen-bond acceptors (Lipinski definition) is 3. The zero-order chi connectivity index (χ0) is 18.4. The zero-order valence-corrected chi connectivity index (χ0v) is 15.4. The average Bonchev–Trinajstić information content (AvgIpc) is 3.08. The molecule has 1 saturated carbocycles. The maximum atomic E-state index is 5.60. The summed E-state index contributed by atoms with van der Waals surface area (Å²) in [7, 11) is 0. The van der Waals surface area contributed by atoms with Gasteiger partial charge in [0.15, 0.2) is 0 Å². The summed E-state index contributed by atoms with van der Waals surface area (Å²) in [5.74, 6) is 0.304. The maximum absolute atomic E-state index is 5.60. The highest BCUT2D eigenvalue weighted by atomic mass is 15.0. The lowest BCUT2D eigenvalue weighted by Gasteiger charge is -2.43. The van der Waals surface area contributed by atoms with Crippen molar-refractivity contribution < 1.29 is 0 Å². The van der Waals surface area contributed by atoms with Crippen LogP contribution in [0.1, 0.15) is 36.0 Å². The highest BCUT2D eigenvalue weighted by Crippen LogP contribution is 2.51. The number of anilines is 1. The maximum Gasteiger partial charge on any atom is 0.219 e. The van der Waals surface area contributed by atoms with Crippen molar-refractivity contribution in [2.75, 3.05) is 5.73 Å². The molecule has 0 unspecified atom stereocenters. The Labute approximate surface area is 158 Å². The van der Waals surface area contributed by atoms with Gasteiger partial charge >= 0.3 is 0 Å². The minimum Gasteiger partial charge on any atom is -0.368 e. The fourth-order valence-electron chi connectivity index (χ4n) is 4.41. The summed E-state index contributed by atoms with van der Waals surface area (Å²) in [5.41, 5.74) is 13.2. The Kier molecular flexibility index (Phi) is 3.54.